The minimum Gasteiger partial charge on any atom is -0.478 e. The van der Waals surface area contributed by atoms with Gasteiger partial charge >= 0.3 is 0 Å². The van der Waals surface area contributed by atoms with E-state index >= 15 is 0 Å². The number of para-hydroxylation sites is 1. The molecule has 1 heterocycles. The second-order valence-corrected chi connectivity index (χ2v) is 4.14. The first-order chi connectivity index (χ1) is 9.29. The Morgan fingerprint density at radius 2 is 2.05 bits per heavy atom. The van der Waals surface area contributed by atoms with Crippen molar-refractivity contribution in [3.63, 3.8) is 0 Å². The lowest BCUT2D eigenvalue weighted by atomic mass is 10.2. The molecular formula is C14H12ClN3O. The van der Waals surface area contributed by atoms with E-state index in [4.69, 9.17) is 21.6 Å². The zero-order valence-electron chi connectivity index (χ0n) is 10.1. The normalized spacial score (nSPS) is 9.68. The minimum atomic E-state index is 0.0342. The highest BCUT2D eigenvalue weighted by molar-refractivity contribution is 6.29. The maximum Gasteiger partial charge on any atom is 0.174 e. The molecule has 1 aromatic heterocycles. The average Bonchev–Trinajstić information content (AvgIpc) is 2.44. The highest BCUT2D eigenvalue weighted by Crippen LogP contribution is 2.19. The van der Waals surface area contributed by atoms with E-state index < -0.39 is 0 Å². The Morgan fingerprint density at radius 1 is 1.21 bits per heavy atom. The van der Waals surface area contributed by atoms with Gasteiger partial charge in [-0.3, -0.25) is 0 Å². The van der Waals surface area contributed by atoms with Crippen LogP contribution in [0.25, 0.3) is 0 Å². The van der Waals surface area contributed by atoms with Crippen molar-refractivity contribution in [2.75, 3.05) is 11.9 Å². The quantitative estimate of drug-likeness (QED) is 0.850. The van der Waals surface area contributed by atoms with Gasteiger partial charge in [0.05, 0.1) is 0 Å². The molecule has 0 radical (unpaired) electrons. The van der Waals surface area contributed by atoms with E-state index in [1.807, 2.05) is 42.5 Å². The number of nitrogens with zero attached hydrogens (tertiary/aromatic N) is 2. The zero-order valence-corrected chi connectivity index (χ0v) is 10.9. The average molecular weight is 274 g/mol. The lowest BCUT2D eigenvalue weighted by Crippen LogP contribution is -2.04. The molecule has 19 heavy (non-hydrogen) atoms. The van der Waals surface area contributed by atoms with Crippen molar-refractivity contribution in [3.05, 3.63) is 53.2 Å². The first-order valence-corrected chi connectivity index (χ1v) is 6.11. The summed E-state index contributed by atoms with van der Waals surface area (Å²) in [7, 11) is 0. The Bertz CT molecular complexity index is 595. The maximum absolute atomic E-state index is 8.54. The van der Waals surface area contributed by atoms with Crippen molar-refractivity contribution in [2.24, 2.45) is 0 Å². The summed E-state index contributed by atoms with van der Waals surface area (Å²) in [6.07, 6.45) is 0. The molecule has 1 N–H and O–H groups in total. The van der Waals surface area contributed by atoms with Gasteiger partial charge in [0.2, 0.25) is 0 Å². The first-order valence-electron chi connectivity index (χ1n) is 5.73. The Morgan fingerprint density at radius 3 is 2.84 bits per heavy atom. The molecule has 0 unspecified atom stereocenters. The number of anilines is 1. The molecule has 0 amide bonds. The van der Waals surface area contributed by atoms with Crippen LogP contribution >= 0.6 is 11.6 Å². The van der Waals surface area contributed by atoms with Crippen molar-refractivity contribution in [2.45, 2.75) is 6.54 Å². The van der Waals surface area contributed by atoms with Gasteiger partial charge in [0.15, 0.2) is 6.61 Å². The fraction of sp³-hybridized carbons (Fsp3) is 0.143. The third kappa shape index (κ3) is 3.87. The largest absolute Gasteiger partial charge is 0.478 e. The predicted octanol–water partition coefficient (Wildman–Crippen LogP) is 3.25. The Balaban J connectivity index is 2.05. The second-order valence-electron chi connectivity index (χ2n) is 3.75. The Kier molecular flexibility index (Phi) is 4.60. The van der Waals surface area contributed by atoms with Crippen molar-refractivity contribution in [3.8, 4) is 11.8 Å². The number of rotatable bonds is 5. The van der Waals surface area contributed by atoms with E-state index in [2.05, 4.69) is 10.3 Å². The molecule has 0 aliphatic carbocycles. The number of halogens is 1. The molecule has 4 nitrogen and oxygen atoms in total. The van der Waals surface area contributed by atoms with Gasteiger partial charge in [-0.25, -0.2) is 4.98 Å². The topological polar surface area (TPSA) is 57.9 Å². The summed E-state index contributed by atoms with van der Waals surface area (Å²) in [4.78, 5) is 4.14. The van der Waals surface area contributed by atoms with Crippen LogP contribution in [0.5, 0.6) is 5.75 Å². The van der Waals surface area contributed by atoms with Crippen LogP contribution in [-0.2, 0) is 6.54 Å². The lowest BCUT2D eigenvalue weighted by molar-refractivity contribution is 0.364. The molecule has 0 spiro atoms. The molecule has 0 fully saturated rings. The van der Waals surface area contributed by atoms with Gasteiger partial charge in [0.1, 0.15) is 22.8 Å². The monoisotopic (exact) mass is 273 g/mol. The highest BCUT2D eigenvalue weighted by Gasteiger charge is 2.03. The number of hydrogen-bond acceptors (Lipinski definition) is 4. The van der Waals surface area contributed by atoms with E-state index in [-0.39, 0.29) is 6.61 Å². The van der Waals surface area contributed by atoms with Crippen LogP contribution in [0.3, 0.4) is 0 Å². The molecule has 1 aromatic carbocycles. The van der Waals surface area contributed by atoms with Crippen molar-refractivity contribution < 1.29 is 4.74 Å². The summed E-state index contributed by atoms with van der Waals surface area (Å²) < 4.78 is 5.35. The van der Waals surface area contributed by atoms with Gasteiger partial charge in [-0.15, -0.1) is 0 Å². The fourth-order valence-corrected chi connectivity index (χ4v) is 1.76. The van der Waals surface area contributed by atoms with E-state index in [9.17, 15) is 0 Å². The number of ether oxygens (including phenoxy) is 1. The van der Waals surface area contributed by atoms with E-state index in [0.29, 0.717) is 23.3 Å². The Labute approximate surface area is 116 Å². The van der Waals surface area contributed by atoms with Gasteiger partial charge in [-0.1, -0.05) is 35.9 Å². The smallest absolute Gasteiger partial charge is 0.174 e. The predicted molar refractivity (Wildman–Crippen MR) is 74.1 cm³/mol. The van der Waals surface area contributed by atoms with Crippen LogP contribution in [0, 0.1) is 11.3 Å². The van der Waals surface area contributed by atoms with E-state index in [1.165, 1.54) is 0 Å². The maximum atomic E-state index is 8.54. The standard InChI is InChI=1S/C14H12ClN3O/c15-13-6-3-7-14(18-13)17-10-11-4-1-2-5-12(11)19-9-8-16/h1-7H,9-10H2,(H,17,18). The van der Waals surface area contributed by atoms with Gasteiger partial charge in [-0.2, -0.15) is 5.26 Å². The van der Waals surface area contributed by atoms with Crippen molar-refractivity contribution in [1.29, 1.82) is 5.26 Å². The SMILES string of the molecule is N#CCOc1ccccc1CNc1cccc(Cl)n1. The number of nitrogens with one attached hydrogen (secondary N) is 1. The molecule has 0 aliphatic heterocycles. The molecule has 0 aliphatic rings. The fourth-order valence-electron chi connectivity index (χ4n) is 1.59. The third-order valence-electron chi connectivity index (χ3n) is 2.44. The summed E-state index contributed by atoms with van der Waals surface area (Å²) >= 11 is 5.81. The van der Waals surface area contributed by atoms with Crippen LogP contribution in [0.15, 0.2) is 42.5 Å². The van der Waals surface area contributed by atoms with Crippen LogP contribution in [0.2, 0.25) is 5.15 Å². The van der Waals surface area contributed by atoms with Gasteiger partial charge in [0, 0.05) is 12.1 Å². The third-order valence-corrected chi connectivity index (χ3v) is 2.65. The molecule has 0 saturated heterocycles. The highest BCUT2D eigenvalue weighted by atomic mass is 35.5. The molecule has 0 atom stereocenters. The number of benzene rings is 1. The molecule has 5 heteroatoms. The van der Waals surface area contributed by atoms with Crippen molar-refractivity contribution in [1.82, 2.24) is 4.98 Å². The molecule has 0 bridgehead atoms. The van der Waals surface area contributed by atoms with E-state index in [1.54, 1.807) is 6.07 Å². The summed E-state index contributed by atoms with van der Waals surface area (Å²) in [6, 6.07) is 14.9. The number of nitriles is 1. The lowest BCUT2D eigenvalue weighted by Gasteiger charge is -2.10. The number of pyridine rings is 1. The first kappa shape index (κ1) is 13.2. The van der Waals surface area contributed by atoms with Crippen LogP contribution < -0.4 is 10.1 Å². The summed E-state index contributed by atoms with van der Waals surface area (Å²) in [6.45, 7) is 0.585. The molecule has 2 rings (SSSR count). The van der Waals surface area contributed by atoms with Gasteiger partial charge < -0.3 is 10.1 Å². The van der Waals surface area contributed by atoms with Crippen LogP contribution in [-0.4, -0.2) is 11.6 Å². The molecule has 96 valence electrons. The second kappa shape index (κ2) is 6.62. The van der Waals surface area contributed by atoms with E-state index in [0.717, 1.165) is 5.56 Å². The van der Waals surface area contributed by atoms with Crippen molar-refractivity contribution >= 4 is 17.4 Å². The molecular weight excluding hydrogens is 262 g/mol. The van der Waals surface area contributed by atoms with Crippen LogP contribution in [0.1, 0.15) is 5.56 Å². The number of aromatic nitrogens is 1. The number of hydrogen-bond donors (Lipinski definition) is 1. The minimum absolute atomic E-state index is 0.0342. The van der Waals surface area contributed by atoms with Crippen LogP contribution in [0.4, 0.5) is 5.82 Å². The summed E-state index contributed by atoms with van der Waals surface area (Å²) in [5.74, 6) is 1.39. The summed E-state index contributed by atoms with van der Waals surface area (Å²) in [5.41, 5.74) is 0.958. The van der Waals surface area contributed by atoms with Gasteiger partial charge in [0.25, 0.3) is 0 Å². The summed E-state index contributed by atoms with van der Waals surface area (Å²) in [5, 5.41) is 12.1. The molecule has 0 saturated carbocycles. The Hall–Kier alpha value is -2.25. The molecule has 2 aromatic rings. The van der Waals surface area contributed by atoms with Gasteiger partial charge in [-0.05, 0) is 18.2 Å². The zero-order chi connectivity index (χ0) is 13.5.